The summed E-state index contributed by atoms with van der Waals surface area (Å²) >= 11 is -0.162. The van der Waals surface area contributed by atoms with Gasteiger partial charge in [0.05, 0.1) is 0 Å². The molecule has 4 aromatic rings. The van der Waals surface area contributed by atoms with Crippen LogP contribution in [0.4, 0.5) is 0 Å². The van der Waals surface area contributed by atoms with Crippen LogP contribution in [0.1, 0.15) is 63.1 Å². The van der Waals surface area contributed by atoms with E-state index in [-0.39, 0.29) is 24.8 Å². The molecular weight excluding hydrogens is 543 g/mol. The van der Waals surface area contributed by atoms with Crippen LogP contribution in [0.25, 0.3) is 28.2 Å². The van der Waals surface area contributed by atoms with Crippen molar-refractivity contribution in [3.8, 4) is 28.2 Å². The van der Waals surface area contributed by atoms with E-state index in [2.05, 4.69) is 110 Å². The van der Waals surface area contributed by atoms with Gasteiger partial charge in [-0.05, 0) is 0 Å². The van der Waals surface area contributed by atoms with E-state index in [0.717, 1.165) is 17.8 Å². The molecule has 0 spiro atoms. The zero-order chi connectivity index (χ0) is 24.6. The second-order valence-corrected chi connectivity index (χ2v) is 13.2. The number of aromatic nitrogens is 4. The molecule has 2 aromatic heterocycles. The Balaban J connectivity index is 1.55. The van der Waals surface area contributed by atoms with E-state index in [1.165, 1.54) is 62.8 Å². The van der Waals surface area contributed by atoms with Gasteiger partial charge in [-0.1, -0.05) is 13.3 Å². The van der Waals surface area contributed by atoms with Crippen LogP contribution in [0.2, 0.25) is 0 Å². The third-order valence-electron chi connectivity index (χ3n) is 7.48. The fraction of sp³-hybridized carbons (Fsp3) is 0.367. The van der Waals surface area contributed by atoms with Crippen LogP contribution in [0.3, 0.4) is 0 Å². The SMILES string of the molecule is CCCCc1ccc(C)c(-c2cn(-c3ccc4c(c3)-c3cccc[n+]3C(CC)(CC)[I-]4)nn2)c1C. The molecule has 5 rings (SSSR count). The topological polar surface area (TPSA) is 34.6 Å². The average molecular weight is 579 g/mol. The predicted molar refractivity (Wildman–Crippen MR) is 138 cm³/mol. The monoisotopic (exact) mass is 578 g/mol. The molecule has 0 bridgehead atoms. The summed E-state index contributed by atoms with van der Waals surface area (Å²) in [6, 6.07) is 18.0. The van der Waals surface area contributed by atoms with Crippen molar-refractivity contribution in [3.63, 3.8) is 0 Å². The van der Waals surface area contributed by atoms with Gasteiger partial charge >= 0.3 is 207 Å². The van der Waals surface area contributed by atoms with Gasteiger partial charge in [0.1, 0.15) is 0 Å². The summed E-state index contributed by atoms with van der Waals surface area (Å²) < 4.78 is 6.27. The maximum absolute atomic E-state index is 4.63. The van der Waals surface area contributed by atoms with E-state index < -0.39 is 0 Å². The summed E-state index contributed by atoms with van der Waals surface area (Å²) in [7, 11) is 0. The molecule has 0 radical (unpaired) electrons. The Labute approximate surface area is 219 Å². The predicted octanol–water partition coefficient (Wildman–Crippen LogP) is 3.59. The van der Waals surface area contributed by atoms with Gasteiger partial charge < -0.3 is 0 Å². The first kappa shape index (κ1) is 24.2. The van der Waals surface area contributed by atoms with E-state index >= 15 is 0 Å². The van der Waals surface area contributed by atoms with Crippen LogP contribution in [-0.2, 0) is 9.97 Å². The Kier molecular flexibility index (Phi) is 6.80. The van der Waals surface area contributed by atoms with Gasteiger partial charge in [0, 0.05) is 0 Å². The quantitative estimate of drug-likeness (QED) is 0.191. The van der Waals surface area contributed by atoms with Gasteiger partial charge in [-0.15, -0.1) is 0 Å². The molecule has 0 aliphatic carbocycles. The van der Waals surface area contributed by atoms with Gasteiger partial charge in [-0.3, -0.25) is 0 Å². The molecule has 5 heteroatoms. The molecule has 2 aromatic carbocycles. The molecule has 35 heavy (non-hydrogen) atoms. The summed E-state index contributed by atoms with van der Waals surface area (Å²) in [6.07, 6.45) is 10.3. The molecule has 0 saturated carbocycles. The van der Waals surface area contributed by atoms with Crippen molar-refractivity contribution in [2.24, 2.45) is 0 Å². The number of fused-ring (bicyclic) bond motifs is 3. The zero-order valence-corrected chi connectivity index (χ0v) is 23.6. The minimum atomic E-state index is -0.162. The Morgan fingerprint density at radius 1 is 1.00 bits per heavy atom. The Hall–Kier alpha value is -2.54. The number of benzene rings is 2. The molecule has 0 unspecified atom stereocenters. The minimum absolute atomic E-state index is 0.162. The Morgan fingerprint density at radius 3 is 2.60 bits per heavy atom. The standard InChI is InChI=1S/C30H35IN4/c1-6-9-12-23-15-14-21(4)29(22(23)5)27-20-35(33-32-27)24-16-17-26-25(19-24)28-13-10-11-18-34(28)30(7-2,8-3)31-26/h10-11,13-20H,6-9,12H2,1-5H3. The molecular formula is C30H35IN4. The van der Waals surface area contributed by atoms with Crippen LogP contribution >= 0.6 is 0 Å². The van der Waals surface area contributed by atoms with Crippen LogP contribution in [0.15, 0.2) is 60.9 Å². The van der Waals surface area contributed by atoms with Crippen molar-refractivity contribution >= 4 is 0 Å². The van der Waals surface area contributed by atoms with Gasteiger partial charge in [0.15, 0.2) is 0 Å². The summed E-state index contributed by atoms with van der Waals surface area (Å²) in [5, 5.41) is 9.20. The molecule has 1 aliphatic heterocycles. The van der Waals surface area contributed by atoms with E-state index in [4.69, 9.17) is 0 Å². The fourth-order valence-corrected chi connectivity index (χ4v) is 8.94. The van der Waals surface area contributed by atoms with Crippen molar-refractivity contribution < 1.29 is 25.8 Å². The Morgan fingerprint density at radius 2 is 1.83 bits per heavy atom. The first-order valence-corrected chi connectivity index (χ1v) is 15.0. The first-order valence-electron chi connectivity index (χ1n) is 12.8. The number of hydrogen-bond acceptors (Lipinski definition) is 2. The number of hydrogen-bond donors (Lipinski definition) is 0. The van der Waals surface area contributed by atoms with Gasteiger partial charge in [-0.25, -0.2) is 0 Å². The van der Waals surface area contributed by atoms with E-state index in [1.54, 1.807) is 0 Å². The summed E-state index contributed by atoms with van der Waals surface area (Å²) in [5.74, 6) is 0. The first-order chi connectivity index (χ1) is 17.0. The normalized spacial score (nSPS) is 14.2. The van der Waals surface area contributed by atoms with Crippen molar-refractivity contribution in [2.75, 3.05) is 0 Å². The van der Waals surface area contributed by atoms with E-state index in [0.29, 0.717) is 0 Å². The number of rotatable bonds is 7. The van der Waals surface area contributed by atoms with E-state index in [1.807, 2.05) is 4.68 Å². The number of aryl methyl sites for hydroxylation is 2. The van der Waals surface area contributed by atoms with Gasteiger partial charge in [-0.2, -0.15) is 0 Å². The molecule has 0 saturated heterocycles. The molecule has 182 valence electrons. The average Bonchev–Trinajstić information content (AvgIpc) is 3.37. The maximum atomic E-state index is 4.63. The van der Waals surface area contributed by atoms with Gasteiger partial charge in [0.25, 0.3) is 0 Å². The van der Waals surface area contributed by atoms with Gasteiger partial charge in [0.2, 0.25) is 0 Å². The second-order valence-electron chi connectivity index (χ2n) is 9.53. The third kappa shape index (κ3) is 4.22. The van der Waals surface area contributed by atoms with Crippen molar-refractivity contribution in [1.29, 1.82) is 0 Å². The summed E-state index contributed by atoms with van der Waals surface area (Å²) in [4.78, 5) is 0. The van der Waals surface area contributed by atoms with Crippen molar-refractivity contribution in [3.05, 3.63) is 81.2 Å². The zero-order valence-electron chi connectivity index (χ0n) is 21.5. The fourth-order valence-electron chi connectivity index (χ4n) is 5.33. The van der Waals surface area contributed by atoms with Crippen molar-refractivity contribution in [2.45, 2.75) is 70.3 Å². The molecule has 0 amide bonds. The molecule has 3 heterocycles. The number of unbranched alkanes of at least 4 members (excludes halogenated alkanes) is 1. The van der Waals surface area contributed by atoms with Crippen LogP contribution < -0.4 is 25.8 Å². The van der Waals surface area contributed by atoms with E-state index in [9.17, 15) is 0 Å². The van der Waals surface area contributed by atoms with Crippen molar-refractivity contribution in [1.82, 2.24) is 15.0 Å². The van der Waals surface area contributed by atoms with Crippen LogP contribution in [0, 0.1) is 17.4 Å². The number of alkyl halides is 1. The summed E-state index contributed by atoms with van der Waals surface area (Å²) in [6.45, 7) is 11.3. The number of halogens is 1. The van der Waals surface area contributed by atoms with Crippen LogP contribution in [0.5, 0.6) is 0 Å². The summed E-state index contributed by atoms with van der Waals surface area (Å²) in [5.41, 5.74) is 9.92. The molecule has 1 aliphatic rings. The molecule has 0 N–H and O–H groups in total. The number of pyridine rings is 1. The molecule has 0 atom stereocenters. The Bertz CT molecular complexity index is 1370. The molecule has 4 nitrogen and oxygen atoms in total. The molecule has 0 fully saturated rings. The third-order valence-corrected chi connectivity index (χ3v) is 12.0. The number of nitrogens with zero attached hydrogens (tertiary/aromatic N) is 4. The van der Waals surface area contributed by atoms with Crippen LogP contribution in [-0.4, -0.2) is 15.0 Å². The second kappa shape index (κ2) is 9.84.